The van der Waals surface area contributed by atoms with Crippen LogP contribution in [0.1, 0.15) is 20.1 Å². The summed E-state index contributed by atoms with van der Waals surface area (Å²) >= 11 is 4.86. The molecule has 2 rings (SSSR count). The number of halogens is 2. The lowest BCUT2D eigenvalue weighted by molar-refractivity contribution is 0.0955. The van der Waals surface area contributed by atoms with Gasteiger partial charge in [-0.15, -0.1) is 23.7 Å². The molecule has 1 amide bonds. The van der Waals surface area contributed by atoms with E-state index in [1.807, 2.05) is 31.2 Å². The molecule has 1 aromatic heterocycles. The summed E-state index contributed by atoms with van der Waals surface area (Å²) in [6.07, 6.45) is 0.764. The maximum Gasteiger partial charge on any atom is 0.265 e. The number of nitrogens with two attached hydrogens (primary N) is 1. The Morgan fingerprint density at radius 3 is 2.59 bits per heavy atom. The maximum absolute atomic E-state index is 12.2. The number of benzene rings is 1. The van der Waals surface area contributed by atoms with Gasteiger partial charge in [-0.05, 0) is 47.0 Å². The summed E-state index contributed by atoms with van der Waals surface area (Å²) in [5.74, 6) is 0.489. The standard InChI is InChI=1S/C15H17BrN2O2S.ClH/c1-9-12(16)13(20-2)14(21-9)15(19)18-8-7-10-3-5-11(17)6-4-10;/h3-6H,7-8,17H2,1-2H3,(H,18,19);1H. The van der Waals surface area contributed by atoms with E-state index in [0.29, 0.717) is 17.2 Å². The Bertz CT molecular complexity index is 644. The second-order valence-corrected chi connectivity index (χ2v) is 6.60. The molecule has 0 saturated heterocycles. The average molecular weight is 406 g/mol. The molecule has 3 N–H and O–H groups in total. The van der Waals surface area contributed by atoms with Crippen LogP contribution in [0.5, 0.6) is 5.75 Å². The minimum absolute atomic E-state index is 0. The Morgan fingerprint density at radius 2 is 2.00 bits per heavy atom. The number of hydrogen-bond acceptors (Lipinski definition) is 4. The zero-order valence-electron chi connectivity index (χ0n) is 12.3. The van der Waals surface area contributed by atoms with Crippen LogP contribution in [0, 0.1) is 6.92 Å². The molecule has 4 nitrogen and oxygen atoms in total. The number of nitrogens with one attached hydrogen (secondary N) is 1. The average Bonchev–Trinajstić information content (AvgIpc) is 2.76. The molecule has 0 aliphatic heterocycles. The fourth-order valence-electron chi connectivity index (χ4n) is 1.92. The molecule has 0 spiro atoms. The van der Waals surface area contributed by atoms with Crippen LogP contribution in [-0.4, -0.2) is 19.6 Å². The number of hydrogen-bond donors (Lipinski definition) is 2. The molecule has 1 aromatic carbocycles. The van der Waals surface area contributed by atoms with E-state index in [9.17, 15) is 4.79 Å². The molecular weight excluding hydrogens is 388 g/mol. The van der Waals surface area contributed by atoms with Crippen molar-refractivity contribution in [2.75, 3.05) is 19.4 Å². The molecule has 0 aliphatic carbocycles. The van der Waals surface area contributed by atoms with Gasteiger partial charge in [-0.1, -0.05) is 12.1 Å². The molecule has 0 unspecified atom stereocenters. The molecule has 0 saturated carbocycles. The SMILES string of the molecule is COc1c(C(=O)NCCc2ccc(N)cc2)sc(C)c1Br.Cl. The van der Waals surface area contributed by atoms with Gasteiger partial charge in [-0.3, -0.25) is 4.79 Å². The van der Waals surface area contributed by atoms with Crippen molar-refractivity contribution in [3.63, 3.8) is 0 Å². The summed E-state index contributed by atoms with van der Waals surface area (Å²) < 4.78 is 6.13. The fraction of sp³-hybridized carbons (Fsp3) is 0.267. The van der Waals surface area contributed by atoms with Crippen LogP contribution >= 0.6 is 39.7 Å². The molecule has 1 heterocycles. The van der Waals surface area contributed by atoms with Crippen molar-refractivity contribution >= 4 is 51.3 Å². The van der Waals surface area contributed by atoms with Crippen LogP contribution in [0.15, 0.2) is 28.7 Å². The van der Waals surface area contributed by atoms with E-state index >= 15 is 0 Å². The van der Waals surface area contributed by atoms with Crippen LogP contribution in [0.2, 0.25) is 0 Å². The number of carbonyl (C=O) groups excluding carboxylic acids is 1. The quantitative estimate of drug-likeness (QED) is 0.744. The first kappa shape index (κ1) is 18.8. The smallest absolute Gasteiger partial charge is 0.265 e. The predicted molar refractivity (Wildman–Crippen MR) is 97.4 cm³/mol. The highest BCUT2D eigenvalue weighted by molar-refractivity contribution is 9.10. The van der Waals surface area contributed by atoms with E-state index in [1.165, 1.54) is 11.3 Å². The molecule has 0 bridgehead atoms. The van der Waals surface area contributed by atoms with Gasteiger partial charge in [0.1, 0.15) is 4.88 Å². The number of amides is 1. The highest BCUT2D eigenvalue weighted by atomic mass is 79.9. The van der Waals surface area contributed by atoms with Crippen molar-refractivity contribution in [3.05, 3.63) is 44.1 Å². The van der Waals surface area contributed by atoms with Crippen molar-refractivity contribution in [2.24, 2.45) is 0 Å². The van der Waals surface area contributed by atoms with Crippen LogP contribution in [-0.2, 0) is 6.42 Å². The number of thiophene rings is 1. The third-order valence-electron chi connectivity index (χ3n) is 3.06. The summed E-state index contributed by atoms with van der Waals surface area (Å²) in [6, 6.07) is 7.65. The summed E-state index contributed by atoms with van der Waals surface area (Å²) in [7, 11) is 1.57. The molecule has 120 valence electrons. The molecule has 7 heteroatoms. The highest BCUT2D eigenvalue weighted by Crippen LogP contribution is 2.38. The third kappa shape index (κ3) is 4.38. The zero-order valence-corrected chi connectivity index (χ0v) is 15.5. The van der Waals surface area contributed by atoms with Gasteiger partial charge in [0.15, 0.2) is 5.75 Å². The molecule has 0 fully saturated rings. The van der Waals surface area contributed by atoms with E-state index in [2.05, 4.69) is 21.2 Å². The number of carbonyl (C=O) groups is 1. The molecule has 0 atom stereocenters. The van der Waals surface area contributed by atoms with Crippen molar-refractivity contribution in [3.8, 4) is 5.75 Å². The number of methoxy groups -OCH3 is 1. The van der Waals surface area contributed by atoms with Gasteiger partial charge in [0.05, 0.1) is 11.6 Å². The van der Waals surface area contributed by atoms with Crippen molar-refractivity contribution in [2.45, 2.75) is 13.3 Å². The van der Waals surface area contributed by atoms with Gasteiger partial charge < -0.3 is 15.8 Å². The van der Waals surface area contributed by atoms with Gasteiger partial charge in [-0.25, -0.2) is 0 Å². The molecule has 0 aliphatic rings. The lowest BCUT2D eigenvalue weighted by atomic mass is 10.1. The number of aryl methyl sites for hydroxylation is 1. The largest absolute Gasteiger partial charge is 0.494 e. The Hall–Kier alpha value is -1.24. The summed E-state index contributed by atoms with van der Waals surface area (Å²) in [5.41, 5.74) is 7.52. The third-order valence-corrected chi connectivity index (χ3v) is 5.36. The zero-order chi connectivity index (χ0) is 15.4. The Kier molecular flexibility index (Phi) is 7.19. The predicted octanol–water partition coefficient (Wildman–Crippen LogP) is 3.80. The van der Waals surface area contributed by atoms with Crippen LogP contribution in [0.3, 0.4) is 0 Å². The van der Waals surface area contributed by atoms with Crippen molar-refractivity contribution < 1.29 is 9.53 Å². The minimum atomic E-state index is -0.110. The van der Waals surface area contributed by atoms with Crippen molar-refractivity contribution in [1.82, 2.24) is 5.32 Å². The Labute approximate surface area is 148 Å². The Morgan fingerprint density at radius 1 is 1.36 bits per heavy atom. The maximum atomic E-state index is 12.2. The van der Waals surface area contributed by atoms with Crippen molar-refractivity contribution in [1.29, 1.82) is 0 Å². The van der Waals surface area contributed by atoms with Gasteiger partial charge in [0.2, 0.25) is 0 Å². The normalized spacial score (nSPS) is 9.95. The van der Waals surface area contributed by atoms with Gasteiger partial charge in [0.25, 0.3) is 5.91 Å². The van der Waals surface area contributed by atoms with Crippen LogP contribution in [0.4, 0.5) is 5.69 Å². The number of nitrogen functional groups attached to an aromatic ring is 1. The fourth-order valence-corrected chi connectivity index (χ4v) is 3.59. The van der Waals surface area contributed by atoms with Crippen LogP contribution < -0.4 is 15.8 Å². The monoisotopic (exact) mass is 404 g/mol. The second kappa shape index (κ2) is 8.41. The van der Waals surface area contributed by atoms with E-state index in [0.717, 1.165) is 27.0 Å². The van der Waals surface area contributed by atoms with E-state index in [-0.39, 0.29) is 18.3 Å². The molecule has 0 radical (unpaired) electrons. The lowest BCUT2D eigenvalue weighted by Gasteiger charge is -2.06. The first-order chi connectivity index (χ1) is 10.0. The van der Waals surface area contributed by atoms with Gasteiger partial charge in [0, 0.05) is 17.1 Å². The Balaban J connectivity index is 0.00000242. The summed E-state index contributed by atoms with van der Waals surface area (Å²) in [6.45, 7) is 2.52. The number of rotatable bonds is 5. The van der Waals surface area contributed by atoms with E-state index in [4.69, 9.17) is 10.5 Å². The van der Waals surface area contributed by atoms with E-state index < -0.39 is 0 Å². The first-order valence-corrected chi connectivity index (χ1v) is 8.09. The lowest BCUT2D eigenvalue weighted by Crippen LogP contribution is -2.25. The van der Waals surface area contributed by atoms with Gasteiger partial charge in [-0.2, -0.15) is 0 Å². The molecule has 22 heavy (non-hydrogen) atoms. The molecular formula is C15H18BrClN2O2S. The summed E-state index contributed by atoms with van der Waals surface area (Å²) in [5, 5.41) is 2.92. The topological polar surface area (TPSA) is 64.3 Å². The minimum Gasteiger partial charge on any atom is -0.494 e. The number of anilines is 1. The highest BCUT2D eigenvalue weighted by Gasteiger charge is 2.20. The second-order valence-electron chi connectivity index (χ2n) is 4.58. The summed E-state index contributed by atoms with van der Waals surface area (Å²) in [4.78, 5) is 13.8. The van der Waals surface area contributed by atoms with Crippen LogP contribution in [0.25, 0.3) is 0 Å². The first-order valence-electron chi connectivity index (χ1n) is 6.48. The molecule has 2 aromatic rings. The van der Waals surface area contributed by atoms with Gasteiger partial charge >= 0.3 is 0 Å². The number of ether oxygens (including phenoxy) is 1. The van der Waals surface area contributed by atoms with E-state index in [1.54, 1.807) is 7.11 Å².